The summed E-state index contributed by atoms with van der Waals surface area (Å²) < 4.78 is 41.7. The summed E-state index contributed by atoms with van der Waals surface area (Å²) in [6.07, 6.45) is -5.06. The van der Waals surface area contributed by atoms with Crippen molar-refractivity contribution in [1.29, 1.82) is 0 Å². The largest absolute Gasteiger partial charge is 0.471 e. The van der Waals surface area contributed by atoms with Crippen molar-refractivity contribution in [2.75, 3.05) is 36.5 Å². The third kappa shape index (κ3) is 3.64. The molecule has 0 aliphatic carbocycles. The molecule has 120 valence electrons. The van der Waals surface area contributed by atoms with Crippen molar-refractivity contribution < 1.29 is 27.6 Å². The van der Waals surface area contributed by atoms with E-state index in [1.807, 2.05) is 0 Å². The second-order valence-electron chi connectivity index (χ2n) is 4.51. The summed E-state index contributed by atoms with van der Waals surface area (Å²) in [5.41, 5.74) is -0.383. The number of ether oxygens (including phenoxy) is 1. The van der Waals surface area contributed by atoms with Crippen LogP contribution in [0.3, 0.4) is 0 Å². The number of anilines is 2. The number of halogens is 3. The van der Waals surface area contributed by atoms with E-state index in [9.17, 15) is 28.1 Å². The number of carbonyl (C=O) groups excluding carboxylic acids is 1. The summed E-state index contributed by atoms with van der Waals surface area (Å²) in [4.78, 5) is 23.0. The van der Waals surface area contributed by atoms with E-state index < -0.39 is 17.0 Å². The molecular weight excluding hydrogens is 307 g/mol. The maximum absolute atomic E-state index is 12.2. The molecule has 1 aromatic rings. The second-order valence-corrected chi connectivity index (χ2v) is 4.51. The smallest absolute Gasteiger partial charge is 0.378 e. The Balaban J connectivity index is 2.27. The first-order valence-corrected chi connectivity index (χ1v) is 6.28. The predicted octanol–water partition coefficient (Wildman–Crippen LogP) is 1.93. The minimum Gasteiger partial charge on any atom is -0.378 e. The second kappa shape index (κ2) is 6.18. The van der Waals surface area contributed by atoms with Crippen molar-refractivity contribution in [1.82, 2.24) is 0 Å². The molecule has 1 aliphatic rings. The number of hydrogen-bond donors (Lipinski definition) is 1. The Morgan fingerprint density at radius 1 is 1.32 bits per heavy atom. The van der Waals surface area contributed by atoms with Gasteiger partial charge in [0, 0.05) is 24.8 Å². The number of benzene rings is 1. The fourth-order valence-electron chi connectivity index (χ4n) is 2.02. The Kier molecular flexibility index (Phi) is 4.50. The van der Waals surface area contributed by atoms with Crippen molar-refractivity contribution in [3.8, 4) is 0 Å². The summed E-state index contributed by atoms with van der Waals surface area (Å²) in [5, 5.41) is 12.7. The number of rotatable bonds is 3. The van der Waals surface area contributed by atoms with Crippen LogP contribution in [-0.4, -0.2) is 43.3 Å². The summed E-state index contributed by atoms with van der Waals surface area (Å²) in [6.45, 7) is 1.69. The van der Waals surface area contributed by atoms with E-state index in [-0.39, 0.29) is 17.1 Å². The number of alkyl halides is 3. The molecule has 1 aliphatic heterocycles. The summed E-state index contributed by atoms with van der Waals surface area (Å²) in [7, 11) is 0. The highest BCUT2D eigenvalue weighted by Crippen LogP contribution is 2.32. The first-order valence-electron chi connectivity index (χ1n) is 6.28. The van der Waals surface area contributed by atoms with Crippen LogP contribution in [0.1, 0.15) is 0 Å². The Labute approximate surface area is 122 Å². The summed E-state index contributed by atoms with van der Waals surface area (Å²) >= 11 is 0. The van der Waals surface area contributed by atoms with E-state index in [1.54, 1.807) is 10.2 Å². The van der Waals surface area contributed by atoms with Crippen LogP contribution in [0.4, 0.5) is 30.2 Å². The highest BCUT2D eigenvalue weighted by Gasteiger charge is 2.39. The Morgan fingerprint density at radius 2 is 1.95 bits per heavy atom. The number of carbonyl (C=O) groups is 1. The lowest BCUT2D eigenvalue weighted by Crippen LogP contribution is -2.36. The van der Waals surface area contributed by atoms with Crippen LogP contribution in [-0.2, 0) is 9.53 Å². The van der Waals surface area contributed by atoms with E-state index in [0.29, 0.717) is 26.3 Å². The van der Waals surface area contributed by atoms with Gasteiger partial charge >= 0.3 is 12.1 Å². The molecule has 7 nitrogen and oxygen atoms in total. The number of nitro groups is 1. The molecular formula is C12H12F3N3O4. The van der Waals surface area contributed by atoms with E-state index >= 15 is 0 Å². The number of nitrogens with zero attached hydrogens (tertiary/aromatic N) is 2. The summed E-state index contributed by atoms with van der Waals surface area (Å²) in [5.74, 6) is -2.18. The molecule has 1 N–H and O–H groups in total. The van der Waals surface area contributed by atoms with Crippen molar-refractivity contribution in [2.45, 2.75) is 6.18 Å². The van der Waals surface area contributed by atoms with Gasteiger partial charge in [-0.3, -0.25) is 14.9 Å². The molecule has 1 aromatic carbocycles. The number of morpholine rings is 1. The molecule has 1 amide bonds. The molecule has 0 saturated carbocycles. The highest BCUT2D eigenvalue weighted by molar-refractivity contribution is 5.95. The van der Waals surface area contributed by atoms with Gasteiger partial charge in [0.2, 0.25) is 0 Å². The minimum atomic E-state index is -5.06. The van der Waals surface area contributed by atoms with Crippen LogP contribution in [0.5, 0.6) is 0 Å². The van der Waals surface area contributed by atoms with Gasteiger partial charge < -0.3 is 15.0 Å². The zero-order chi connectivity index (χ0) is 16.3. The molecule has 10 heteroatoms. The lowest BCUT2D eigenvalue weighted by molar-refractivity contribution is -0.384. The van der Waals surface area contributed by atoms with Crippen molar-refractivity contribution in [3.05, 3.63) is 28.3 Å². The molecule has 1 saturated heterocycles. The molecule has 0 atom stereocenters. The molecule has 2 rings (SSSR count). The number of nitro benzene ring substituents is 1. The van der Waals surface area contributed by atoms with Crippen molar-refractivity contribution in [2.24, 2.45) is 0 Å². The molecule has 22 heavy (non-hydrogen) atoms. The standard InChI is InChI=1S/C12H12F3N3O4/c13-12(14,15)11(19)16-8-1-2-9(10(7-8)18(20)21)17-3-5-22-6-4-17/h1-2,7H,3-6H2,(H,16,19). The third-order valence-corrected chi connectivity index (χ3v) is 3.04. The van der Waals surface area contributed by atoms with E-state index in [2.05, 4.69) is 0 Å². The molecule has 1 heterocycles. The fourth-order valence-corrected chi connectivity index (χ4v) is 2.02. The van der Waals surface area contributed by atoms with Crippen LogP contribution in [0, 0.1) is 10.1 Å². The first-order chi connectivity index (χ1) is 10.3. The maximum Gasteiger partial charge on any atom is 0.471 e. The van der Waals surface area contributed by atoms with E-state index in [4.69, 9.17) is 4.74 Å². The van der Waals surface area contributed by atoms with Crippen LogP contribution in [0.2, 0.25) is 0 Å². The lowest BCUT2D eigenvalue weighted by Gasteiger charge is -2.28. The topological polar surface area (TPSA) is 84.7 Å². The molecule has 0 spiro atoms. The van der Waals surface area contributed by atoms with Gasteiger partial charge in [-0.15, -0.1) is 0 Å². The van der Waals surface area contributed by atoms with E-state index in [0.717, 1.165) is 6.07 Å². The van der Waals surface area contributed by atoms with E-state index in [1.165, 1.54) is 12.1 Å². The Morgan fingerprint density at radius 3 is 2.50 bits per heavy atom. The Bertz CT molecular complexity index is 585. The van der Waals surface area contributed by atoms with Crippen molar-refractivity contribution in [3.63, 3.8) is 0 Å². The van der Waals surface area contributed by atoms with Gasteiger partial charge in [-0.1, -0.05) is 0 Å². The van der Waals surface area contributed by atoms with Gasteiger partial charge in [-0.25, -0.2) is 0 Å². The molecule has 0 aromatic heterocycles. The van der Waals surface area contributed by atoms with Gasteiger partial charge in [0.1, 0.15) is 5.69 Å². The number of hydrogen-bond acceptors (Lipinski definition) is 5. The highest BCUT2D eigenvalue weighted by atomic mass is 19.4. The van der Waals surface area contributed by atoms with Crippen LogP contribution in [0.25, 0.3) is 0 Å². The van der Waals surface area contributed by atoms with Crippen LogP contribution in [0.15, 0.2) is 18.2 Å². The van der Waals surface area contributed by atoms with Gasteiger partial charge in [-0.05, 0) is 12.1 Å². The SMILES string of the molecule is O=C(Nc1ccc(N2CCOCC2)c([N+](=O)[O-])c1)C(F)(F)F. The zero-order valence-electron chi connectivity index (χ0n) is 11.2. The summed E-state index contributed by atoms with van der Waals surface area (Å²) in [6, 6.07) is 3.42. The quantitative estimate of drug-likeness (QED) is 0.680. The minimum absolute atomic E-state index is 0.276. The van der Waals surface area contributed by atoms with Gasteiger partial charge in [0.15, 0.2) is 0 Å². The number of nitrogens with one attached hydrogen (secondary N) is 1. The van der Waals surface area contributed by atoms with Gasteiger partial charge in [0.25, 0.3) is 5.69 Å². The average molecular weight is 319 g/mol. The normalized spacial score (nSPS) is 15.5. The molecule has 0 bridgehead atoms. The predicted molar refractivity (Wildman–Crippen MR) is 70.8 cm³/mol. The van der Waals surface area contributed by atoms with Gasteiger partial charge in [0.05, 0.1) is 18.1 Å². The fraction of sp³-hybridized carbons (Fsp3) is 0.417. The van der Waals surface area contributed by atoms with Crippen LogP contribution >= 0.6 is 0 Å². The monoisotopic (exact) mass is 319 g/mol. The zero-order valence-corrected chi connectivity index (χ0v) is 11.2. The molecule has 0 radical (unpaired) electrons. The maximum atomic E-state index is 12.2. The number of amides is 1. The van der Waals surface area contributed by atoms with Gasteiger partial charge in [-0.2, -0.15) is 13.2 Å². The average Bonchev–Trinajstić information content (AvgIpc) is 2.47. The Hall–Kier alpha value is -2.36. The lowest BCUT2D eigenvalue weighted by atomic mass is 10.2. The van der Waals surface area contributed by atoms with Crippen LogP contribution < -0.4 is 10.2 Å². The molecule has 1 fully saturated rings. The molecule has 0 unspecified atom stereocenters. The van der Waals surface area contributed by atoms with Crippen molar-refractivity contribution >= 4 is 23.0 Å². The third-order valence-electron chi connectivity index (χ3n) is 3.04. The first kappa shape index (κ1) is 16.0.